The molecule has 98 valence electrons. The van der Waals surface area contributed by atoms with E-state index in [0.29, 0.717) is 36.0 Å². The van der Waals surface area contributed by atoms with E-state index in [1.165, 1.54) is 0 Å². The van der Waals surface area contributed by atoms with Gasteiger partial charge in [0, 0.05) is 22.8 Å². The summed E-state index contributed by atoms with van der Waals surface area (Å²) in [5, 5.41) is 3.17. The number of nitrogens with one attached hydrogen (secondary N) is 1. The van der Waals surface area contributed by atoms with Crippen LogP contribution in [-0.2, 0) is 4.74 Å². The van der Waals surface area contributed by atoms with E-state index in [4.69, 9.17) is 22.1 Å². The number of hydrogen-bond acceptors (Lipinski definition) is 3. The molecule has 0 aliphatic carbocycles. The van der Waals surface area contributed by atoms with Crippen LogP contribution in [0, 0.1) is 0 Å². The Hall–Kier alpha value is -1.52. The van der Waals surface area contributed by atoms with Gasteiger partial charge in [0.2, 0.25) is 0 Å². The smallest absolute Gasteiger partial charge is 0.251 e. The lowest BCUT2D eigenvalue weighted by molar-refractivity contribution is 0.0918. The number of ether oxygens (including phenoxy) is 1. The third-order valence-corrected chi connectivity index (χ3v) is 2.40. The van der Waals surface area contributed by atoms with Crippen LogP contribution in [0.5, 0.6) is 0 Å². The van der Waals surface area contributed by atoms with E-state index in [9.17, 15) is 4.79 Å². The molecule has 0 bridgehead atoms. The number of nitrogens with two attached hydrogens (primary N) is 1. The lowest BCUT2D eigenvalue weighted by Gasteiger charge is -2.07. The standard InChI is InChI=1S/C13H17ClN2O2/c1-2-3-5-18-6-4-16-13(17)10-7-11(14)9-12(15)8-10/h2,7-9H,1,3-6,15H2,(H,16,17). The summed E-state index contributed by atoms with van der Waals surface area (Å²) in [5.41, 5.74) is 6.53. The number of benzene rings is 1. The summed E-state index contributed by atoms with van der Waals surface area (Å²) in [6, 6.07) is 4.75. The molecule has 0 saturated heterocycles. The molecule has 1 aromatic carbocycles. The number of amides is 1. The van der Waals surface area contributed by atoms with Gasteiger partial charge >= 0.3 is 0 Å². The number of carbonyl (C=O) groups excluding carboxylic acids is 1. The Morgan fingerprint density at radius 3 is 2.89 bits per heavy atom. The minimum atomic E-state index is -0.212. The van der Waals surface area contributed by atoms with E-state index in [1.807, 2.05) is 0 Å². The van der Waals surface area contributed by atoms with Crippen molar-refractivity contribution in [1.29, 1.82) is 0 Å². The Morgan fingerprint density at radius 2 is 2.22 bits per heavy atom. The number of hydrogen-bond donors (Lipinski definition) is 2. The molecule has 0 spiro atoms. The van der Waals surface area contributed by atoms with Crippen LogP contribution in [0.1, 0.15) is 16.8 Å². The highest BCUT2D eigenvalue weighted by atomic mass is 35.5. The van der Waals surface area contributed by atoms with Gasteiger partial charge in [0.15, 0.2) is 0 Å². The molecule has 0 aromatic heterocycles. The number of nitrogen functional groups attached to an aromatic ring is 1. The topological polar surface area (TPSA) is 64.3 Å². The van der Waals surface area contributed by atoms with Crippen LogP contribution in [0.2, 0.25) is 5.02 Å². The molecule has 0 unspecified atom stereocenters. The first-order chi connectivity index (χ1) is 8.63. The van der Waals surface area contributed by atoms with Crippen molar-refractivity contribution >= 4 is 23.2 Å². The third-order valence-electron chi connectivity index (χ3n) is 2.18. The molecular weight excluding hydrogens is 252 g/mol. The third kappa shape index (κ3) is 5.21. The average Bonchev–Trinajstić information content (AvgIpc) is 2.32. The lowest BCUT2D eigenvalue weighted by atomic mass is 10.2. The Balaban J connectivity index is 2.34. The van der Waals surface area contributed by atoms with E-state index in [-0.39, 0.29) is 5.91 Å². The Morgan fingerprint density at radius 1 is 1.44 bits per heavy atom. The monoisotopic (exact) mass is 268 g/mol. The minimum absolute atomic E-state index is 0.212. The lowest BCUT2D eigenvalue weighted by Crippen LogP contribution is -2.27. The molecule has 18 heavy (non-hydrogen) atoms. The number of anilines is 1. The molecule has 0 fully saturated rings. The van der Waals surface area contributed by atoms with Crippen LogP contribution < -0.4 is 11.1 Å². The van der Waals surface area contributed by atoms with Crippen LogP contribution in [0.25, 0.3) is 0 Å². The zero-order valence-corrected chi connectivity index (χ0v) is 10.9. The summed E-state index contributed by atoms with van der Waals surface area (Å²) in [6.07, 6.45) is 2.59. The van der Waals surface area contributed by atoms with E-state index in [2.05, 4.69) is 11.9 Å². The van der Waals surface area contributed by atoms with Crippen molar-refractivity contribution < 1.29 is 9.53 Å². The van der Waals surface area contributed by atoms with E-state index >= 15 is 0 Å². The Kier molecular flexibility index (Phi) is 6.25. The zero-order chi connectivity index (χ0) is 13.4. The van der Waals surface area contributed by atoms with E-state index < -0.39 is 0 Å². The van der Waals surface area contributed by atoms with Gasteiger partial charge in [-0.1, -0.05) is 17.7 Å². The van der Waals surface area contributed by atoms with Crippen LogP contribution >= 0.6 is 11.6 Å². The first kappa shape index (κ1) is 14.5. The summed E-state index contributed by atoms with van der Waals surface area (Å²) < 4.78 is 5.27. The van der Waals surface area contributed by atoms with Crippen molar-refractivity contribution in [3.63, 3.8) is 0 Å². The second-order valence-electron chi connectivity index (χ2n) is 3.72. The molecule has 0 radical (unpaired) electrons. The molecular formula is C13H17ClN2O2. The predicted octanol–water partition coefficient (Wildman–Crippen LogP) is 2.24. The number of carbonyl (C=O) groups is 1. The number of rotatable bonds is 7. The molecule has 1 amide bonds. The molecule has 4 nitrogen and oxygen atoms in total. The minimum Gasteiger partial charge on any atom is -0.399 e. The van der Waals surface area contributed by atoms with Crippen LogP contribution in [0.3, 0.4) is 0 Å². The molecule has 3 N–H and O–H groups in total. The summed E-state index contributed by atoms with van der Waals surface area (Å²) in [5.74, 6) is -0.212. The first-order valence-electron chi connectivity index (χ1n) is 5.66. The Bertz CT molecular complexity index is 401. The van der Waals surface area contributed by atoms with Gasteiger partial charge in [0.1, 0.15) is 0 Å². The van der Waals surface area contributed by atoms with Gasteiger partial charge < -0.3 is 15.8 Å². The summed E-state index contributed by atoms with van der Waals surface area (Å²) in [7, 11) is 0. The van der Waals surface area contributed by atoms with Crippen LogP contribution in [-0.4, -0.2) is 25.7 Å². The van der Waals surface area contributed by atoms with Gasteiger partial charge in [-0.3, -0.25) is 4.79 Å². The van der Waals surface area contributed by atoms with E-state index in [1.54, 1.807) is 24.3 Å². The summed E-state index contributed by atoms with van der Waals surface area (Å²) in [4.78, 5) is 11.7. The molecule has 0 atom stereocenters. The van der Waals surface area contributed by atoms with Gasteiger partial charge in [-0.25, -0.2) is 0 Å². The summed E-state index contributed by atoms with van der Waals surface area (Å²) >= 11 is 5.82. The highest BCUT2D eigenvalue weighted by Crippen LogP contribution is 2.16. The second-order valence-corrected chi connectivity index (χ2v) is 4.16. The zero-order valence-electron chi connectivity index (χ0n) is 10.1. The highest BCUT2D eigenvalue weighted by molar-refractivity contribution is 6.31. The molecule has 5 heteroatoms. The number of halogens is 1. The maximum Gasteiger partial charge on any atom is 0.251 e. The van der Waals surface area contributed by atoms with Crippen molar-refractivity contribution in [2.75, 3.05) is 25.5 Å². The molecule has 0 saturated carbocycles. The molecule has 1 rings (SSSR count). The van der Waals surface area contributed by atoms with Crippen molar-refractivity contribution in [3.05, 3.63) is 41.4 Å². The van der Waals surface area contributed by atoms with Crippen molar-refractivity contribution in [2.24, 2.45) is 0 Å². The summed E-state index contributed by atoms with van der Waals surface area (Å²) in [6.45, 7) is 5.12. The molecule has 0 aliphatic heterocycles. The largest absolute Gasteiger partial charge is 0.399 e. The van der Waals surface area contributed by atoms with E-state index in [0.717, 1.165) is 6.42 Å². The van der Waals surface area contributed by atoms with Crippen LogP contribution in [0.15, 0.2) is 30.9 Å². The van der Waals surface area contributed by atoms with Gasteiger partial charge in [0.25, 0.3) is 5.91 Å². The van der Waals surface area contributed by atoms with Gasteiger partial charge in [-0.05, 0) is 24.6 Å². The fourth-order valence-corrected chi connectivity index (χ4v) is 1.59. The average molecular weight is 269 g/mol. The van der Waals surface area contributed by atoms with Crippen molar-refractivity contribution in [2.45, 2.75) is 6.42 Å². The predicted molar refractivity (Wildman–Crippen MR) is 73.8 cm³/mol. The normalized spacial score (nSPS) is 10.1. The van der Waals surface area contributed by atoms with Gasteiger partial charge in [0.05, 0.1) is 13.2 Å². The van der Waals surface area contributed by atoms with Gasteiger partial charge in [-0.15, -0.1) is 6.58 Å². The van der Waals surface area contributed by atoms with Gasteiger partial charge in [-0.2, -0.15) is 0 Å². The van der Waals surface area contributed by atoms with Crippen LogP contribution in [0.4, 0.5) is 5.69 Å². The highest BCUT2D eigenvalue weighted by Gasteiger charge is 2.06. The Labute approximate surface area is 112 Å². The quantitative estimate of drug-likeness (QED) is 0.453. The fourth-order valence-electron chi connectivity index (χ4n) is 1.35. The van der Waals surface area contributed by atoms with Crippen molar-refractivity contribution in [3.8, 4) is 0 Å². The maximum absolute atomic E-state index is 11.7. The SMILES string of the molecule is C=CCCOCCNC(=O)c1cc(N)cc(Cl)c1. The molecule has 1 aromatic rings. The molecule has 0 heterocycles. The molecule has 0 aliphatic rings. The van der Waals surface area contributed by atoms with Crippen molar-refractivity contribution in [1.82, 2.24) is 5.32 Å². The second kappa shape index (κ2) is 7.74. The fraction of sp³-hybridized carbons (Fsp3) is 0.308. The first-order valence-corrected chi connectivity index (χ1v) is 6.04. The maximum atomic E-state index is 11.7.